The van der Waals surface area contributed by atoms with Crippen LogP contribution in [0.3, 0.4) is 0 Å². The first-order chi connectivity index (χ1) is 28.3. The molecule has 0 aliphatic heterocycles. The monoisotopic (exact) mass is 790 g/mol. The highest BCUT2D eigenvalue weighted by Crippen LogP contribution is 2.42. The number of alkyl halides is 6. The van der Waals surface area contributed by atoms with E-state index in [0.29, 0.717) is 22.9 Å². The minimum atomic E-state index is -5.03. The summed E-state index contributed by atoms with van der Waals surface area (Å²) < 4.78 is 87.1. The maximum absolute atomic E-state index is 14.2. The van der Waals surface area contributed by atoms with Crippen molar-refractivity contribution < 1.29 is 26.3 Å². The van der Waals surface area contributed by atoms with Gasteiger partial charge in [0.05, 0.1) is 27.8 Å². The molecule has 0 aliphatic rings. The molecule has 0 radical (unpaired) electrons. The summed E-state index contributed by atoms with van der Waals surface area (Å²) in [5, 5.41) is 1.80. The van der Waals surface area contributed by atoms with Crippen LogP contribution in [-0.2, 0) is 12.4 Å². The van der Waals surface area contributed by atoms with Crippen LogP contribution in [-0.4, -0.2) is 19.5 Å². The largest absolute Gasteiger partial charge is 0.416 e. The van der Waals surface area contributed by atoms with Gasteiger partial charge in [-0.3, -0.25) is 0 Å². The Hall–Kier alpha value is -7.07. The van der Waals surface area contributed by atoms with E-state index >= 15 is 0 Å². The van der Waals surface area contributed by atoms with Gasteiger partial charge in [-0.25, -0.2) is 15.0 Å². The van der Waals surface area contributed by atoms with Crippen molar-refractivity contribution in [2.75, 3.05) is 0 Å². The first-order valence-corrected chi connectivity index (χ1v) is 18.7. The van der Waals surface area contributed by atoms with Crippen molar-refractivity contribution in [1.29, 1.82) is 0 Å². The van der Waals surface area contributed by atoms with E-state index in [1.807, 2.05) is 109 Å². The van der Waals surface area contributed by atoms with Crippen molar-refractivity contribution in [3.05, 3.63) is 180 Å². The third-order valence-corrected chi connectivity index (χ3v) is 10.3. The Balaban J connectivity index is 1.38. The summed E-state index contributed by atoms with van der Waals surface area (Å²) in [5.74, 6) is 1.03. The third-order valence-electron chi connectivity index (χ3n) is 10.3. The first-order valence-electron chi connectivity index (χ1n) is 18.7. The van der Waals surface area contributed by atoms with E-state index in [1.54, 1.807) is 12.1 Å². The number of fused-ring (bicyclic) bond motifs is 3. The van der Waals surface area contributed by atoms with Crippen LogP contribution in [0.5, 0.6) is 0 Å². The number of aryl methyl sites for hydroxylation is 2. The average Bonchev–Trinajstić information content (AvgIpc) is 3.56. The number of rotatable bonds is 6. The van der Waals surface area contributed by atoms with Crippen LogP contribution in [0.2, 0.25) is 0 Å². The Morgan fingerprint density at radius 3 is 1.47 bits per heavy atom. The second kappa shape index (κ2) is 14.4. The molecule has 9 rings (SSSR count). The summed E-state index contributed by atoms with van der Waals surface area (Å²) in [6, 6.07) is 45.4. The van der Waals surface area contributed by atoms with Gasteiger partial charge in [-0.2, -0.15) is 26.3 Å². The van der Waals surface area contributed by atoms with E-state index in [-0.39, 0.29) is 23.0 Å². The lowest BCUT2D eigenvalue weighted by Crippen LogP contribution is -2.11. The summed E-state index contributed by atoms with van der Waals surface area (Å²) in [5.41, 5.74) is 5.10. The maximum atomic E-state index is 14.2. The molecule has 0 saturated carbocycles. The molecule has 9 aromatic rings. The van der Waals surface area contributed by atoms with Gasteiger partial charge in [0.1, 0.15) is 0 Å². The van der Waals surface area contributed by atoms with Gasteiger partial charge in [0.2, 0.25) is 0 Å². The summed E-state index contributed by atoms with van der Waals surface area (Å²) in [7, 11) is 0. The van der Waals surface area contributed by atoms with Crippen molar-refractivity contribution in [3.8, 4) is 62.1 Å². The van der Waals surface area contributed by atoms with Gasteiger partial charge in [0, 0.05) is 27.5 Å². The molecule has 4 nitrogen and oxygen atoms in total. The van der Waals surface area contributed by atoms with Gasteiger partial charge in [-0.15, -0.1) is 0 Å². The minimum absolute atomic E-state index is 0.136. The smallest absolute Gasteiger partial charge is 0.308 e. The molecular formula is C49H32F6N4. The lowest BCUT2D eigenvalue weighted by Gasteiger charge is -2.18. The highest BCUT2D eigenvalue weighted by atomic mass is 19.4. The number of para-hydroxylation sites is 1. The molecule has 7 aromatic carbocycles. The predicted molar refractivity (Wildman–Crippen MR) is 221 cm³/mol. The quantitative estimate of drug-likeness (QED) is 0.158. The van der Waals surface area contributed by atoms with E-state index in [4.69, 9.17) is 15.0 Å². The molecule has 0 fully saturated rings. The normalized spacial score (nSPS) is 12.1. The molecule has 290 valence electrons. The summed E-state index contributed by atoms with van der Waals surface area (Å²) in [6.07, 6.45) is -10.1. The zero-order valence-corrected chi connectivity index (χ0v) is 31.6. The van der Waals surface area contributed by atoms with Gasteiger partial charge in [0.15, 0.2) is 17.5 Å². The molecule has 2 aromatic heterocycles. The molecule has 0 atom stereocenters. The first kappa shape index (κ1) is 37.5. The topological polar surface area (TPSA) is 43.6 Å². The molecule has 0 amide bonds. The lowest BCUT2D eigenvalue weighted by atomic mass is 9.97. The maximum Gasteiger partial charge on any atom is 0.416 e. The van der Waals surface area contributed by atoms with Crippen LogP contribution in [0.4, 0.5) is 26.3 Å². The molecule has 0 aliphatic carbocycles. The SMILES string of the molecule is Cc1cc(C)cc(-c2ccc3c4ccccc4n(-c4cc(-c5cc(C(F)(F)F)cc(C(F)(F)F)c5)ccc4-c4nc(-c5ccccc5)nc(-c5ccccc5)n4)c3c2)c1. The van der Waals surface area contributed by atoms with Crippen LogP contribution < -0.4 is 0 Å². The van der Waals surface area contributed by atoms with Crippen molar-refractivity contribution >= 4 is 21.8 Å². The van der Waals surface area contributed by atoms with Crippen molar-refractivity contribution in [1.82, 2.24) is 19.5 Å². The Morgan fingerprint density at radius 2 is 0.881 bits per heavy atom. The van der Waals surface area contributed by atoms with Gasteiger partial charge >= 0.3 is 12.4 Å². The molecule has 0 bridgehead atoms. The van der Waals surface area contributed by atoms with E-state index in [9.17, 15) is 26.3 Å². The number of nitrogens with zero attached hydrogens (tertiary/aromatic N) is 4. The molecule has 0 unspecified atom stereocenters. The fourth-order valence-electron chi connectivity index (χ4n) is 7.69. The standard InChI is InChI=1S/C49H32F6N4/c1-29-21-30(2)23-35(22-29)33-17-19-40-39-15-9-10-16-42(39)59(43(40)26-33)44-27-34(36-24-37(48(50,51)52)28-38(25-36)49(53,54)55)18-20-41(44)47-57-45(31-11-5-3-6-12-31)56-46(58-47)32-13-7-4-8-14-32/h3-28H,1-2H3. The molecule has 0 N–H and O–H groups in total. The average molecular weight is 791 g/mol. The summed E-state index contributed by atoms with van der Waals surface area (Å²) in [6.45, 7) is 4.06. The number of hydrogen-bond acceptors (Lipinski definition) is 3. The van der Waals surface area contributed by atoms with E-state index < -0.39 is 23.5 Å². The lowest BCUT2D eigenvalue weighted by molar-refractivity contribution is -0.143. The van der Waals surface area contributed by atoms with Crippen molar-refractivity contribution in [3.63, 3.8) is 0 Å². The van der Waals surface area contributed by atoms with Crippen LogP contribution in [0.1, 0.15) is 22.3 Å². The van der Waals surface area contributed by atoms with Gasteiger partial charge in [-0.1, -0.05) is 126 Å². The zero-order valence-electron chi connectivity index (χ0n) is 31.6. The molecule has 10 heteroatoms. The Kier molecular flexibility index (Phi) is 9.15. The Morgan fingerprint density at radius 1 is 0.390 bits per heavy atom. The van der Waals surface area contributed by atoms with E-state index in [1.165, 1.54) is 6.07 Å². The predicted octanol–water partition coefficient (Wildman–Crippen LogP) is 14.0. The molecule has 0 spiro atoms. The highest BCUT2D eigenvalue weighted by Gasteiger charge is 2.37. The minimum Gasteiger partial charge on any atom is -0.308 e. The molecule has 0 saturated heterocycles. The number of halogens is 6. The summed E-state index contributed by atoms with van der Waals surface area (Å²) in [4.78, 5) is 14.8. The number of aromatic nitrogens is 4. The van der Waals surface area contributed by atoms with Gasteiger partial charge < -0.3 is 4.57 Å². The van der Waals surface area contributed by atoms with E-state index in [0.717, 1.165) is 67.3 Å². The van der Waals surface area contributed by atoms with Crippen LogP contribution >= 0.6 is 0 Å². The second-order valence-corrected chi connectivity index (χ2v) is 14.5. The van der Waals surface area contributed by atoms with Crippen molar-refractivity contribution in [2.45, 2.75) is 26.2 Å². The van der Waals surface area contributed by atoms with Crippen molar-refractivity contribution in [2.24, 2.45) is 0 Å². The number of benzene rings is 7. The van der Waals surface area contributed by atoms with Crippen LogP contribution in [0, 0.1) is 13.8 Å². The fraction of sp³-hybridized carbons (Fsp3) is 0.0816. The molecule has 59 heavy (non-hydrogen) atoms. The fourth-order valence-corrected chi connectivity index (χ4v) is 7.69. The number of hydrogen-bond donors (Lipinski definition) is 0. The van der Waals surface area contributed by atoms with Crippen LogP contribution in [0.25, 0.3) is 83.9 Å². The molecule has 2 heterocycles. The molecular weight excluding hydrogens is 759 g/mol. The van der Waals surface area contributed by atoms with E-state index in [2.05, 4.69) is 30.3 Å². The Labute approximate surface area is 335 Å². The Bertz CT molecular complexity index is 2930. The summed E-state index contributed by atoms with van der Waals surface area (Å²) >= 11 is 0. The van der Waals surface area contributed by atoms with Gasteiger partial charge in [-0.05, 0) is 78.6 Å². The van der Waals surface area contributed by atoms with Gasteiger partial charge in [0.25, 0.3) is 0 Å². The second-order valence-electron chi connectivity index (χ2n) is 14.5. The zero-order chi connectivity index (χ0) is 41.1. The van der Waals surface area contributed by atoms with Crippen LogP contribution in [0.15, 0.2) is 158 Å². The highest BCUT2D eigenvalue weighted by molar-refractivity contribution is 6.10. The third kappa shape index (κ3) is 7.22.